The van der Waals surface area contributed by atoms with E-state index in [1.807, 2.05) is 24.3 Å². The van der Waals surface area contributed by atoms with Gasteiger partial charge in [0.15, 0.2) is 4.34 Å². The largest absolute Gasteiger partial charge is 0.497 e. The summed E-state index contributed by atoms with van der Waals surface area (Å²) in [6.45, 7) is 0.144. The van der Waals surface area contributed by atoms with Crippen LogP contribution in [0.4, 0.5) is 10.8 Å². The van der Waals surface area contributed by atoms with Crippen LogP contribution in [-0.2, 0) is 0 Å². The minimum atomic E-state index is 0.144. The Kier molecular flexibility index (Phi) is 4.80. The van der Waals surface area contributed by atoms with Crippen molar-refractivity contribution in [2.24, 2.45) is 0 Å². The maximum Gasteiger partial charge on any atom is 0.210 e. The van der Waals surface area contributed by atoms with Gasteiger partial charge in [0.2, 0.25) is 5.13 Å². The van der Waals surface area contributed by atoms with Gasteiger partial charge in [-0.15, -0.1) is 10.2 Å². The molecule has 2 N–H and O–H groups in total. The molecule has 1 aromatic carbocycles. The number of nitrogens with one attached hydrogen (secondary N) is 1. The number of anilines is 2. The summed E-state index contributed by atoms with van der Waals surface area (Å²) in [6.07, 6.45) is 0. The zero-order valence-electron chi connectivity index (χ0n) is 9.79. The molecule has 0 aliphatic carbocycles. The van der Waals surface area contributed by atoms with E-state index in [9.17, 15) is 0 Å². The van der Waals surface area contributed by atoms with Gasteiger partial charge in [-0.1, -0.05) is 23.1 Å². The molecule has 0 aliphatic heterocycles. The normalized spacial score (nSPS) is 10.3. The Hall–Kier alpha value is -1.31. The summed E-state index contributed by atoms with van der Waals surface area (Å²) in [5.74, 6) is 1.45. The molecule has 0 atom stereocenters. The molecule has 5 nitrogen and oxygen atoms in total. The maximum atomic E-state index is 8.73. The van der Waals surface area contributed by atoms with Gasteiger partial charge in [0.1, 0.15) is 5.75 Å². The summed E-state index contributed by atoms with van der Waals surface area (Å²) in [5.41, 5.74) is 0.936. The predicted molar refractivity (Wildman–Crippen MR) is 74.0 cm³/mol. The molecule has 0 saturated carbocycles. The van der Waals surface area contributed by atoms with Crippen LogP contribution in [0.5, 0.6) is 5.75 Å². The molecule has 0 saturated heterocycles. The first-order chi connectivity index (χ1) is 8.81. The molecule has 0 radical (unpaired) electrons. The Bertz CT molecular complexity index is 487. The van der Waals surface area contributed by atoms with E-state index in [0.717, 1.165) is 20.9 Å². The molecule has 2 rings (SSSR count). The number of ether oxygens (including phenoxy) is 1. The summed E-state index contributed by atoms with van der Waals surface area (Å²) in [7, 11) is 1.64. The van der Waals surface area contributed by atoms with E-state index in [1.54, 1.807) is 7.11 Å². The fraction of sp³-hybridized carbons (Fsp3) is 0.273. The summed E-state index contributed by atoms with van der Waals surface area (Å²) >= 11 is 2.96. The summed E-state index contributed by atoms with van der Waals surface area (Å²) in [5, 5.41) is 20.7. The third kappa shape index (κ3) is 3.59. The highest BCUT2D eigenvalue weighted by molar-refractivity contribution is 8.01. The SMILES string of the molecule is COc1ccc(Nc2nnc(SCCO)s2)cc1. The van der Waals surface area contributed by atoms with Gasteiger partial charge in [-0.25, -0.2) is 0 Å². The van der Waals surface area contributed by atoms with Gasteiger partial charge in [0.05, 0.1) is 13.7 Å². The molecule has 0 spiro atoms. The summed E-state index contributed by atoms with van der Waals surface area (Å²) < 4.78 is 5.93. The highest BCUT2D eigenvalue weighted by Gasteiger charge is 2.04. The van der Waals surface area contributed by atoms with Crippen molar-refractivity contribution in [3.8, 4) is 5.75 Å². The molecule has 18 heavy (non-hydrogen) atoms. The number of aliphatic hydroxyl groups excluding tert-OH is 1. The van der Waals surface area contributed by atoms with Gasteiger partial charge >= 0.3 is 0 Å². The van der Waals surface area contributed by atoms with Crippen LogP contribution in [0.3, 0.4) is 0 Å². The first kappa shape index (κ1) is 13.1. The average molecular weight is 283 g/mol. The highest BCUT2D eigenvalue weighted by atomic mass is 32.2. The lowest BCUT2D eigenvalue weighted by Crippen LogP contribution is -1.89. The molecule has 1 aromatic heterocycles. The van der Waals surface area contributed by atoms with Crippen molar-refractivity contribution in [3.05, 3.63) is 24.3 Å². The van der Waals surface area contributed by atoms with Crippen LogP contribution in [0.25, 0.3) is 0 Å². The lowest BCUT2D eigenvalue weighted by molar-refractivity contribution is 0.322. The second-order valence-electron chi connectivity index (χ2n) is 3.30. The standard InChI is InChI=1S/C11H13N3O2S2/c1-16-9-4-2-8(3-5-9)12-10-13-14-11(18-10)17-7-6-15/h2-5,15H,6-7H2,1H3,(H,12,13). The van der Waals surface area contributed by atoms with Crippen molar-refractivity contribution in [2.75, 3.05) is 24.8 Å². The number of aliphatic hydroxyl groups is 1. The maximum absolute atomic E-state index is 8.73. The van der Waals surface area contributed by atoms with Gasteiger partial charge in [0, 0.05) is 11.4 Å². The summed E-state index contributed by atoms with van der Waals surface area (Å²) in [4.78, 5) is 0. The molecule has 0 aliphatic rings. The molecule has 0 amide bonds. The number of nitrogens with zero attached hydrogens (tertiary/aromatic N) is 2. The topological polar surface area (TPSA) is 67.3 Å². The fourth-order valence-electron chi connectivity index (χ4n) is 1.25. The van der Waals surface area contributed by atoms with E-state index >= 15 is 0 Å². The molecule has 96 valence electrons. The molecular weight excluding hydrogens is 270 g/mol. The fourth-order valence-corrected chi connectivity index (χ4v) is 2.83. The van der Waals surface area contributed by atoms with Crippen LogP contribution in [0.1, 0.15) is 0 Å². The van der Waals surface area contributed by atoms with Crippen molar-refractivity contribution in [2.45, 2.75) is 4.34 Å². The second-order valence-corrected chi connectivity index (χ2v) is 5.62. The van der Waals surface area contributed by atoms with Crippen molar-refractivity contribution in [1.29, 1.82) is 0 Å². The van der Waals surface area contributed by atoms with Crippen molar-refractivity contribution in [1.82, 2.24) is 10.2 Å². The van der Waals surface area contributed by atoms with E-state index in [4.69, 9.17) is 9.84 Å². The number of hydrogen-bond donors (Lipinski definition) is 2. The molecule has 0 bridgehead atoms. The van der Waals surface area contributed by atoms with E-state index in [2.05, 4.69) is 15.5 Å². The minimum Gasteiger partial charge on any atom is -0.497 e. The minimum absolute atomic E-state index is 0.144. The average Bonchev–Trinajstić information content (AvgIpc) is 2.85. The first-order valence-electron chi connectivity index (χ1n) is 5.30. The lowest BCUT2D eigenvalue weighted by Gasteiger charge is -2.03. The molecule has 7 heteroatoms. The van der Waals surface area contributed by atoms with E-state index in [1.165, 1.54) is 23.1 Å². The van der Waals surface area contributed by atoms with Gasteiger partial charge in [-0.05, 0) is 24.3 Å². The predicted octanol–water partition coefficient (Wildman–Crippen LogP) is 2.37. The van der Waals surface area contributed by atoms with Gasteiger partial charge in [-0.2, -0.15) is 0 Å². The quantitative estimate of drug-likeness (QED) is 0.793. The van der Waals surface area contributed by atoms with Gasteiger partial charge < -0.3 is 15.2 Å². The van der Waals surface area contributed by atoms with Crippen LogP contribution in [-0.4, -0.2) is 34.8 Å². The van der Waals surface area contributed by atoms with E-state index in [0.29, 0.717) is 5.75 Å². The second kappa shape index (κ2) is 6.58. The summed E-state index contributed by atoms with van der Waals surface area (Å²) in [6, 6.07) is 7.59. The first-order valence-corrected chi connectivity index (χ1v) is 7.10. The zero-order chi connectivity index (χ0) is 12.8. The Balaban J connectivity index is 1.97. The third-order valence-electron chi connectivity index (χ3n) is 2.06. The number of rotatable bonds is 6. The molecular formula is C11H13N3O2S2. The van der Waals surface area contributed by atoms with Gasteiger partial charge in [-0.3, -0.25) is 0 Å². The smallest absolute Gasteiger partial charge is 0.210 e. The molecule has 0 unspecified atom stereocenters. The Morgan fingerprint density at radius 2 is 2.11 bits per heavy atom. The van der Waals surface area contributed by atoms with Crippen molar-refractivity contribution >= 4 is 33.9 Å². The van der Waals surface area contributed by atoms with Crippen LogP contribution < -0.4 is 10.1 Å². The molecule has 1 heterocycles. The lowest BCUT2D eigenvalue weighted by atomic mass is 10.3. The van der Waals surface area contributed by atoms with E-state index in [-0.39, 0.29) is 6.61 Å². The van der Waals surface area contributed by atoms with E-state index < -0.39 is 0 Å². The third-order valence-corrected chi connectivity index (χ3v) is 4.02. The van der Waals surface area contributed by atoms with Crippen LogP contribution in [0.15, 0.2) is 28.6 Å². The number of aromatic nitrogens is 2. The Morgan fingerprint density at radius 1 is 1.33 bits per heavy atom. The Morgan fingerprint density at radius 3 is 2.78 bits per heavy atom. The number of methoxy groups -OCH3 is 1. The molecule has 0 fully saturated rings. The van der Waals surface area contributed by atoms with Crippen molar-refractivity contribution in [3.63, 3.8) is 0 Å². The van der Waals surface area contributed by atoms with Crippen LogP contribution in [0, 0.1) is 0 Å². The Labute approximate surface area is 113 Å². The molecule has 2 aromatic rings. The number of benzene rings is 1. The van der Waals surface area contributed by atoms with Crippen molar-refractivity contribution < 1.29 is 9.84 Å². The number of hydrogen-bond acceptors (Lipinski definition) is 7. The highest BCUT2D eigenvalue weighted by Crippen LogP contribution is 2.27. The monoisotopic (exact) mass is 283 g/mol. The van der Waals surface area contributed by atoms with Crippen LogP contribution in [0.2, 0.25) is 0 Å². The van der Waals surface area contributed by atoms with Crippen LogP contribution >= 0.6 is 23.1 Å². The number of thioether (sulfide) groups is 1. The van der Waals surface area contributed by atoms with Gasteiger partial charge in [0.25, 0.3) is 0 Å². The zero-order valence-corrected chi connectivity index (χ0v) is 11.4.